The highest BCUT2D eigenvalue weighted by Gasteiger charge is 2.21. The maximum atomic E-state index is 12.8. The van der Waals surface area contributed by atoms with Gasteiger partial charge in [-0.25, -0.2) is 0 Å². The van der Waals surface area contributed by atoms with Gasteiger partial charge in [0.2, 0.25) is 0 Å². The monoisotopic (exact) mass is 978 g/mol. The summed E-state index contributed by atoms with van der Waals surface area (Å²) in [5.41, 5.74) is 0. The molecule has 0 N–H and O–H groups in total. The van der Waals surface area contributed by atoms with Gasteiger partial charge in [0.05, 0.1) is 27.7 Å². The molecule has 68 heavy (non-hydrogen) atoms. The number of unbranched alkanes of at least 4 members (excludes halogenated alkanes) is 30. The van der Waals surface area contributed by atoms with Crippen LogP contribution in [0.3, 0.4) is 0 Å². The zero-order valence-corrected chi connectivity index (χ0v) is 45.9. The van der Waals surface area contributed by atoms with Crippen molar-refractivity contribution in [3.63, 3.8) is 0 Å². The lowest BCUT2D eigenvalue weighted by Gasteiger charge is -2.28. The predicted octanol–water partition coefficient (Wildman–Crippen LogP) is 16.7. The van der Waals surface area contributed by atoms with Gasteiger partial charge in [-0.2, -0.15) is 0 Å². The van der Waals surface area contributed by atoms with Gasteiger partial charge in [0, 0.05) is 12.8 Å². The van der Waals surface area contributed by atoms with E-state index in [0.29, 0.717) is 23.9 Å². The number of likely N-dealkylation sites (N-methyl/N-ethyl adjacent to an activating group) is 1. The third-order valence-electron chi connectivity index (χ3n) is 12.3. The lowest BCUT2D eigenvalue weighted by molar-refractivity contribution is -0.870. The van der Waals surface area contributed by atoms with Crippen molar-refractivity contribution in [2.75, 3.05) is 47.5 Å². The minimum absolute atomic E-state index is 0.0329. The lowest BCUT2D eigenvalue weighted by Crippen LogP contribution is -2.37. The molecule has 0 aromatic heterocycles. The molecule has 0 aromatic carbocycles. The number of quaternary nitrogens is 1. The Balaban J connectivity index is 4.03. The lowest BCUT2D eigenvalue weighted by atomic mass is 10.0. The number of hydrogen-bond donors (Lipinski definition) is 0. The van der Waals surface area contributed by atoms with E-state index in [1.54, 1.807) is 0 Å². The first-order chi connectivity index (χ1) is 33.0. The van der Waals surface area contributed by atoms with E-state index < -0.39 is 32.5 Å². The van der Waals surface area contributed by atoms with Crippen LogP contribution in [0.4, 0.5) is 0 Å². The van der Waals surface area contributed by atoms with E-state index in [2.05, 4.69) is 62.5 Å². The molecular formula is C58H108NO8P. The molecule has 0 radical (unpaired) electrons. The highest BCUT2D eigenvalue weighted by molar-refractivity contribution is 7.45. The zero-order valence-electron chi connectivity index (χ0n) is 45.1. The molecule has 0 saturated carbocycles. The minimum atomic E-state index is -4.63. The molecule has 2 unspecified atom stereocenters. The van der Waals surface area contributed by atoms with Gasteiger partial charge in [0.1, 0.15) is 19.8 Å². The van der Waals surface area contributed by atoms with E-state index in [-0.39, 0.29) is 26.1 Å². The number of esters is 2. The van der Waals surface area contributed by atoms with Crippen LogP contribution in [0.15, 0.2) is 48.6 Å². The molecule has 0 saturated heterocycles. The fraction of sp³-hybridized carbons (Fsp3) is 0.828. The highest BCUT2D eigenvalue weighted by atomic mass is 31.2. The molecule has 398 valence electrons. The van der Waals surface area contributed by atoms with Crippen molar-refractivity contribution < 1.29 is 42.1 Å². The molecule has 0 fully saturated rings. The van der Waals surface area contributed by atoms with Gasteiger partial charge >= 0.3 is 11.9 Å². The SMILES string of the molecule is CCC/C=C\C/C=C\CCCCCCCC(=O)OCC(COP(=O)([O-])OCC[N+](C)(C)C)OC(=O)CCCCCCCCCCCCCCCCCCCCC/C=C\C/C=C\CCCCCCC. The maximum Gasteiger partial charge on any atom is 0.306 e. The van der Waals surface area contributed by atoms with Crippen molar-refractivity contribution in [1.29, 1.82) is 0 Å². The molecular weight excluding hydrogens is 870 g/mol. The standard InChI is InChI=1S/C58H108NO8P/c1-6-8-10-12-14-16-18-20-21-22-23-24-25-26-27-28-29-30-31-32-33-34-35-36-37-39-41-43-45-47-49-51-58(61)67-56(55-66-68(62,63)65-53-52-59(3,4)5)54-64-57(60)50-48-46-44-42-40-38-19-17-15-13-11-9-7-2/h11,13,17-20,22-23,56H,6-10,12,14-16,21,24-55H2,1-5H3/b13-11-,19-17-,20-18-,23-22-. The number of phosphoric acid groups is 1. The van der Waals surface area contributed by atoms with Gasteiger partial charge in [0.25, 0.3) is 7.82 Å². The second-order valence-corrected chi connectivity index (χ2v) is 21.7. The van der Waals surface area contributed by atoms with Crippen molar-refractivity contribution >= 4 is 19.8 Å². The van der Waals surface area contributed by atoms with Gasteiger partial charge in [-0.15, -0.1) is 0 Å². The number of allylic oxidation sites excluding steroid dienone is 8. The summed E-state index contributed by atoms with van der Waals surface area (Å²) < 4.78 is 34.1. The van der Waals surface area contributed by atoms with Gasteiger partial charge in [-0.3, -0.25) is 14.2 Å². The Hall–Kier alpha value is -2.03. The Morgan fingerprint density at radius 1 is 0.456 bits per heavy atom. The van der Waals surface area contributed by atoms with E-state index >= 15 is 0 Å². The van der Waals surface area contributed by atoms with Crippen LogP contribution in [0.25, 0.3) is 0 Å². The first kappa shape index (κ1) is 66.0. The van der Waals surface area contributed by atoms with Crippen LogP contribution >= 0.6 is 7.82 Å². The van der Waals surface area contributed by atoms with Crippen LogP contribution in [0.1, 0.15) is 258 Å². The molecule has 0 aliphatic heterocycles. The Morgan fingerprint density at radius 2 is 0.824 bits per heavy atom. The molecule has 0 aliphatic carbocycles. The summed E-state index contributed by atoms with van der Waals surface area (Å²) in [7, 11) is 1.16. The van der Waals surface area contributed by atoms with E-state index in [9.17, 15) is 19.0 Å². The maximum absolute atomic E-state index is 12.8. The largest absolute Gasteiger partial charge is 0.756 e. The molecule has 0 aliphatic rings. The highest BCUT2D eigenvalue weighted by Crippen LogP contribution is 2.38. The molecule has 0 rings (SSSR count). The minimum Gasteiger partial charge on any atom is -0.756 e. The molecule has 2 atom stereocenters. The average molecular weight is 978 g/mol. The van der Waals surface area contributed by atoms with Crippen LogP contribution in [0.2, 0.25) is 0 Å². The molecule has 0 spiro atoms. The number of carbonyl (C=O) groups excluding carboxylic acids is 2. The number of carbonyl (C=O) groups is 2. The molecule has 0 heterocycles. The Bertz CT molecular complexity index is 1290. The number of rotatable bonds is 52. The summed E-state index contributed by atoms with van der Waals surface area (Å²) in [5.74, 6) is -0.843. The van der Waals surface area contributed by atoms with E-state index in [4.69, 9.17) is 18.5 Å². The summed E-state index contributed by atoms with van der Waals surface area (Å²) in [5, 5.41) is 0. The summed E-state index contributed by atoms with van der Waals surface area (Å²) in [6.45, 7) is 4.16. The van der Waals surface area contributed by atoms with E-state index in [1.807, 2.05) is 21.1 Å². The molecule has 9 nitrogen and oxygen atoms in total. The van der Waals surface area contributed by atoms with E-state index in [0.717, 1.165) is 70.6 Å². The van der Waals surface area contributed by atoms with Crippen LogP contribution in [0.5, 0.6) is 0 Å². The Kier molecular flexibility index (Phi) is 48.4. The second-order valence-electron chi connectivity index (χ2n) is 20.3. The summed E-state index contributed by atoms with van der Waals surface area (Å²) in [6, 6.07) is 0. The van der Waals surface area contributed by atoms with Crippen molar-refractivity contribution in [2.24, 2.45) is 0 Å². The van der Waals surface area contributed by atoms with Crippen molar-refractivity contribution in [3.8, 4) is 0 Å². The number of ether oxygens (including phenoxy) is 2. The third kappa shape index (κ3) is 53.3. The van der Waals surface area contributed by atoms with Gasteiger partial charge < -0.3 is 27.9 Å². The van der Waals surface area contributed by atoms with E-state index in [1.165, 1.54) is 148 Å². The second kappa shape index (κ2) is 49.9. The number of nitrogens with zero attached hydrogens (tertiary/aromatic N) is 1. The fourth-order valence-corrected chi connectivity index (χ4v) is 8.63. The number of hydrogen-bond acceptors (Lipinski definition) is 8. The molecule has 10 heteroatoms. The Labute approximate surface area is 420 Å². The molecule has 0 aromatic rings. The van der Waals surface area contributed by atoms with Crippen LogP contribution in [-0.4, -0.2) is 70.0 Å². The zero-order chi connectivity index (χ0) is 49.9. The summed E-state index contributed by atoms with van der Waals surface area (Å²) in [6.07, 6.45) is 61.7. The number of phosphoric ester groups is 1. The fourth-order valence-electron chi connectivity index (χ4n) is 7.90. The molecule has 0 amide bonds. The third-order valence-corrected chi connectivity index (χ3v) is 13.3. The van der Waals surface area contributed by atoms with Crippen LogP contribution < -0.4 is 4.89 Å². The van der Waals surface area contributed by atoms with Crippen LogP contribution in [-0.2, 0) is 32.7 Å². The van der Waals surface area contributed by atoms with Gasteiger partial charge in [0.15, 0.2) is 6.10 Å². The molecule has 0 bridgehead atoms. The van der Waals surface area contributed by atoms with Gasteiger partial charge in [-0.1, -0.05) is 223 Å². The van der Waals surface area contributed by atoms with Crippen molar-refractivity contribution in [3.05, 3.63) is 48.6 Å². The summed E-state index contributed by atoms with van der Waals surface area (Å²) >= 11 is 0. The topological polar surface area (TPSA) is 111 Å². The van der Waals surface area contributed by atoms with Gasteiger partial charge in [-0.05, 0) is 70.6 Å². The first-order valence-corrected chi connectivity index (χ1v) is 29.8. The Morgan fingerprint density at radius 3 is 1.22 bits per heavy atom. The smallest absolute Gasteiger partial charge is 0.306 e. The summed E-state index contributed by atoms with van der Waals surface area (Å²) in [4.78, 5) is 37.7. The first-order valence-electron chi connectivity index (χ1n) is 28.3. The van der Waals surface area contributed by atoms with Crippen LogP contribution in [0, 0.1) is 0 Å². The normalized spacial score (nSPS) is 13.7. The van der Waals surface area contributed by atoms with Crippen molar-refractivity contribution in [2.45, 2.75) is 264 Å². The van der Waals surface area contributed by atoms with Crippen molar-refractivity contribution in [1.82, 2.24) is 0 Å². The average Bonchev–Trinajstić information content (AvgIpc) is 3.30. The predicted molar refractivity (Wildman–Crippen MR) is 287 cm³/mol. The quantitative estimate of drug-likeness (QED) is 0.0195.